The van der Waals surface area contributed by atoms with Crippen LogP contribution in [0.4, 0.5) is 5.13 Å². The summed E-state index contributed by atoms with van der Waals surface area (Å²) >= 11 is 5.03. The quantitative estimate of drug-likeness (QED) is 0.560. The van der Waals surface area contributed by atoms with Crippen LogP contribution in [0.3, 0.4) is 0 Å². The number of hydrogen-bond acceptors (Lipinski definition) is 5. The summed E-state index contributed by atoms with van der Waals surface area (Å²) < 4.78 is 3.85. The molecule has 8 heteroatoms. The lowest BCUT2D eigenvalue weighted by molar-refractivity contribution is 0.0973. The van der Waals surface area contributed by atoms with E-state index in [0.717, 1.165) is 26.9 Å². The van der Waals surface area contributed by atoms with Crippen LogP contribution in [0.2, 0.25) is 0 Å². The van der Waals surface area contributed by atoms with Crippen LogP contribution in [0, 0.1) is 6.92 Å². The molecule has 0 fully saturated rings. The predicted molar refractivity (Wildman–Crippen MR) is 115 cm³/mol. The number of fused-ring (bicyclic) bond motifs is 1. The summed E-state index contributed by atoms with van der Waals surface area (Å²) in [4.78, 5) is 22.0. The van der Waals surface area contributed by atoms with Crippen molar-refractivity contribution in [2.75, 3.05) is 32.1 Å². The highest BCUT2D eigenvalue weighted by atomic mass is 79.9. The normalized spacial score (nSPS) is 11.7. The molecule has 1 amide bonds. The number of halogens is 1. The standard InChI is InChI=1S/C19H24BrN5OS/c1-12(2)25-16(10-13(3)22-25)18(26)24(9-8-23(4)5)19-21-15-7-6-14(20)11-17(15)27-19/h6-7,10-12H,8-9H2,1-5H3. The second-order valence-corrected chi connectivity index (χ2v) is 9.00. The largest absolute Gasteiger partial charge is 0.308 e. The molecule has 1 aromatic carbocycles. The average molecular weight is 450 g/mol. The lowest BCUT2D eigenvalue weighted by Gasteiger charge is -2.22. The summed E-state index contributed by atoms with van der Waals surface area (Å²) in [6.07, 6.45) is 0. The molecule has 0 saturated heterocycles. The van der Waals surface area contributed by atoms with E-state index in [1.165, 1.54) is 11.3 Å². The van der Waals surface area contributed by atoms with Gasteiger partial charge in [0.25, 0.3) is 5.91 Å². The second-order valence-electron chi connectivity index (χ2n) is 7.08. The molecule has 2 aromatic heterocycles. The van der Waals surface area contributed by atoms with Gasteiger partial charge >= 0.3 is 0 Å². The minimum Gasteiger partial charge on any atom is -0.308 e. The van der Waals surface area contributed by atoms with E-state index in [2.05, 4.69) is 25.9 Å². The molecule has 0 atom stereocenters. The Hall–Kier alpha value is -1.77. The second kappa shape index (κ2) is 8.08. The number of hydrogen-bond donors (Lipinski definition) is 0. The molecule has 0 bridgehead atoms. The Bertz CT molecular complexity index is 962. The van der Waals surface area contributed by atoms with Crippen LogP contribution >= 0.6 is 27.3 Å². The van der Waals surface area contributed by atoms with Gasteiger partial charge in [-0.2, -0.15) is 5.10 Å². The first-order valence-corrected chi connectivity index (χ1v) is 10.5. The Balaban J connectivity index is 2.03. The molecule has 6 nitrogen and oxygen atoms in total. The average Bonchev–Trinajstić information content (AvgIpc) is 3.17. The van der Waals surface area contributed by atoms with Crippen molar-refractivity contribution in [3.63, 3.8) is 0 Å². The van der Waals surface area contributed by atoms with Gasteiger partial charge in [-0.15, -0.1) is 0 Å². The molecule has 3 aromatic rings. The molecule has 144 valence electrons. The molecule has 0 saturated carbocycles. The smallest absolute Gasteiger partial charge is 0.278 e. The first-order valence-electron chi connectivity index (χ1n) is 8.85. The van der Waals surface area contributed by atoms with Crippen molar-refractivity contribution in [3.8, 4) is 0 Å². The minimum atomic E-state index is -0.0655. The van der Waals surface area contributed by atoms with Gasteiger partial charge in [-0.25, -0.2) is 4.98 Å². The first kappa shape index (κ1) is 20.0. The number of carbonyl (C=O) groups is 1. The third kappa shape index (κ3) is 4.39. The third-order valence-electron chi connectivity index (χ3n) is 4.15. The van der Waals surface area contributed by atoms with E-state index in [-0.39, 0.29) is 11.9 Å². The van der Waals surface area contributed by atoms with E-state index >= 15 is 0 Å². The zero-order chi connectivity index (χ0) is 19.7. The molecule has 2 heterocycles. The van der Waals surface area contributed by atoms with Gasteiger partial charge in [-0.05, 0) is 59.1 Å². The van der Waals surface area contributed by atoms with Crippen LogP contribution < -0.4 is 4.90 Å². The number of rotatable bonds is 6. The summed E-state index contributed by atoms with van der Waals surface area (Å²) in [5, 5.41) is 5.20. The van der Waals surface area contributed by atoms with E-state index in [9.17, 15) is 4.79 Å². The van der Waals surface area contributed by atoms with Crippen LogP contribution in [-0.4, -0.2) is 52.8 Å². The van der Waals surface area contributed by atoms with Crippen molar-refractivity contribution in [1.82, 2.24) is 19.7 Å². The SMILES string of the molecule is Cc1cc(C(=O)N(CCN(C)C)c2nc3ccc(Br)cc3s2)n(C(C)C)n1. The fourth-order valence-corrected chi connectivity index (χ4v) is 4.34. The minimum absolute atomic E-state index is 0.0655. The van der Waals surface area contributed by atoms with E-state index in [1.54, 1.807) is 9.58 Å². The number of nitrogens with zero attached hydrogens (tertiary/aromatic N) is 5. The number of carbonyl (C=O) groups excluding carboxylic acids is 1. The Kier molecular flexibility index (Phi) is 5.98. The summed E-state index contributed by atoms with van der Waals surface area (Å²) in [5.41, 5.74) is 2.34. The third-order valence-corrected chi connectivity index (χ3v) is 5.69. The molecule has 3 rings (SSSR count). The lowest BCUT2D eigenvalue weighted by Crippen LogP contribution is -2.38. The molecule has 0 radical (unpaired) electrons. The topological polar surface area (TPSA) is 54.3 Å². The Morgan fingerprint density at radius 2 is 2.00 bits per heavy atom. The Morgan fingerprint density at radius 3 is 2.67 bits per heavy atom. The van der Waals surface area contributed by atoms with Gasteiger partial charge in [0.05, 0.1) is 15.9 Å². The van der Waals surface area contributed by atoms with Crippen LogP contribution in [0.25, 0.3) is 10.2 Å². The van der Waals surface area contributed by atoms with E-state index < -0.39 is 0 Å². The monoisotopic (exact) mass is 449 g/mol. The predicted octanol–water partition coefficient (Wildman–Crippen LogP) is 4.35. The van der Waals surface area contributed by atoms with Gasteiger partial charge in [-0.1, -0.05) is 27.3 Å². The van der Waals surface area contributed by atoms with Crippen molar-refractivity contribution < 1.29 is 4.79 Å². The Labute approximate surface area is 171 Å². The highest BCUT2D eigenvalue weighted by molar-refractivity contribution is 9.10. The summed E-state index contributed by atoms with van der Waals surface area (Å²) in [6, 6.07) is 7.94. The molecular formula is C19H24BrN5OS. The number of benzene rings is 1. The summed E-state index contributed by atoms with van der Waals surface area (Å²) in [5.74, 6) is -0.0655. The fourth-order valence-electron chi connectivity index (χ4n) is 2.79. The fraction of sp³-hybridized carbons (Fsp3) is 0.421. The maximum atomic E-state index is 13.4. The maximum Gasteiger partial charge on any atom is 0.278 e. The first-order chi connectivity index (χ1) is 12.8. The van der Waals surface area contributed by atoms with Crippen molar-refractivity contribution in [3.05, 3.63) is 40.1 Å². The molecule has 0 aliphatic heterocycles. The molecule has 0 N–H and O–H groups in total. The molecule has 0 aliphatic carbocycles. The van der Waals surface area contributed by atoms with Crippen LogP contribution in [0.15, 0.2) is 28.7 Å². The van der Waals surface area contributed by atoms with Crippen molar-refractivity contribution in [2.45, 2.75) is 26.8 Å². The number of anilines is 1. The zero-order valence-electron chi connectivity index (χ0n) is 16.2. The van der Waals surface area contributed by atoms with Gasteiger partial charge in [0.2, 0.25) is 0 Å². The number of likely N-dealkylation sites (N-methyl/N-ethyl adjacent to an activating group) is 1. The van der Waals surface area contributed by atoms with Gasteiger partial charge < -0.3 is 4.90 Å². The highest BCUT2D eigenvalue weighted by Gasteiger charge is 2.25. The van der Waals surface area contributed by atoms with Gasteiger partial charge in [0.1, 0.15) is 5.69 Å². The van der Waals surface area contributed by atoms with Crippen LogP contribution in [-0.2, 0) is 0 Å². The number of aromatic nitrogens is 3. The lowest BCUT2D eigenvalue weighted by atomic mass is 10.3. The number of amides is 1. The van der Waals surface area contributed by atoms with Crippen LogP contribution in [0.1, 0.15) is 36.1 Å². The number of aryl methyl sites for hydroxylation is 1. The van der Waals surface area contributed by atoms with Crippen molar-refractivity contribution >= 4 is 48.5 Å². The molecule has 0 unspecified atom stereocenters. The molecule has 27 heavy (non-hydrogen) atoms. The van der Waals surface area contributed by atoms with E-state index in [0.29, 0.717) is 17.4 Å². The highest BCUT2D eigenvalue weighted by Crippen LogP contribution is 2.31. The van der Waals surface area contributed by atoms with E-state index in [1.807, 2.05) is 59.1 Å². The molecule has 0 aliphatic rings. The summed E-state index contributed by atoms with van der Waals surface area (Å²) in [7, 11) is 4.00. The van der Waals surface area contributed by atoms with Crippen LogP contribution in [0.5, 0.6) is 0 Å². The van der Waals surface area contributed by atoms with Crippen molar-refractivity contribution in [2.24, 2.45) is 0 Å². The zero-order valence-corrected chi connectivity index (χ0v) is 18.6. The molecular weight excluding hydrogens is 426 g/mol. The Morgan fingerprint density at radius 1 is 1.26 bits per heavy atom. The van der Waals surface area contributed by atoms with Crippen molar-refractivity contribution in [1.29, 1.82) is 0 Å². The molecule has 0 spiro atoms. The van der Waals surface area contributed by atoms with Gasteiger partial charge in [0.15, 0.2) is 5.13 Å². The maximum absolute atomic E-state index is 13.4. The number of thiazole rings is 1. The van der Waals surface area contributed by atoms with Gasteiger partial charge in [-0.3, -0.25) is 14.4 Å². The van der Waals surface area contributed by atoms with E-state index in [4.69, 9.17) is 4.98 Å². The van der Waals surface area contributed by atoms with Gasteiger partial charge in [0, 0.05) is 23.6 Å². The summed E-state index contributed by atoms with van der Waals surface area (Å²) in [6.45, 7) is 7.29.